The summed E-state index contributed by atoms with van der Waals surface area (Å²) in [5, 5.41) is 14.4. The molecule has 1 aromatic heterocycles. The van der Waals surface area contributed by atoms with Crippen LogP contribution in [0, 0.1) is 0 Å². The molecule has 1 N–H and O–H groups in total. The molecule has 0 radical (unpaired) electrons. The first-order chi connectivity index (χ1) is 11.3. The molecule has 1 aromatic rings. The standard InChI is InChI=1S/C16H27N3O4/c20-14(12-21-13-15-3-1-7-22-15)9-18-6-8-23-16(10-18)11-19-5-2-4-17-19/h2,4-5,14-16,20H,1,3,6-13H2/t14-,15-,16-/m0/s1. The monoisotopic (exact) mass is 325 g/mol. The second kappa shape index (κ2) is 8.75. The van der Waals surface area contributed by atoms with Crippen molar-refractivity contribution in [2.45, 2.75) is 37.7 Å². The van der Waals surface area contributed by atoms with Crippen LogP contribution in [-0.4, -0.2) is 84.2 Å². The Kier molecular flexibility index (Phi) is 6.41. The predicted molar refractivity (Wildman–Crippen MR) is 84.2 cm³/mol. The van der Waals surface area contributed by atoms with E-state index in [-0.39, 0.29) is 12.2 Å². The van der Waals surface area contributed by atoms with Gasteiger partial charge < -0.3 is 19.3 Å². The first kappa shape index (κ1) is 16.9. The summed E-state index contributed by atoms with van der Waals surface area (Å²) in [5.74, 6) is 0. The average Bonchev–Trinajstić information content (AvgIpc) is 3.21. The van der Waals surface area contributed by atoms with Crippen molar-refractivity contribution < 1.29 is 19.3 Å². The van der Waals surface area contributed by atoms with Gasteiger partial charge in [-0.2, -0.15) is 5.10 Å². The van der Waals surface area contributed by atoms with Crippen LogP contribution in [-0.2, 0) is 20.8 Å². The molecule has 0 saturated carbocycles. The zero-order chi connectivity index (χ0) is 15.9. The van der Waals surface area contributed by atoms with Crippen LogP contribution in [0.1, 0.15) is 12.8 Å². The molecule has 3 rings (SSSR count). The smallest absolute Gasteiger partial charge is 0.0900 e. The Morgan fingerprint density at radius 2 is 2.22 bits per heavy atom. The Labute approximate surface area is 137 Å². The minimum Gasteiger partial charge on any atom is -0.389 e. The Balaban J connectivity index is 1.33. The number of hydrogen-bond acceptors (Lipinski definition) is 6. The molecule has 3 atom stereocenters. The fourth-order valence-electron chi connectivity index (χ4n) is 3.14. The summed E-state index contributed by atoms with van der Waals surface area (Å²) in [5.41, 5.74) is 0. The molecule has 2 saturated heterocycles. The minimum atomic E-state index is -0.472. The van der Waals surface area contributed by atoms with Crippen LogP contribution < -0.4 is 0 Å². The van der Waals surface area contributed by atoms with Crippen molar-refractivity contribution in [3.8, 4) is 0 Å². The third-order valence-corrected chi connectivity index (χ3v) is 4.28. The zero-order valence-corrected chi connectivity index (χ0v) is 13.5. The van der Waals surface area contributed by atoms with E-state index in [1.165, 1.54) is 0 Å². The number of ether oxygens (including phenoxy) is 3. The summed E-state index contributed by atoms with van der Waals surface area (Å²) in [6, 6.07) is 1.91. The predicted octanol–water partition coefficient (Wildman–Crippen LogP) is 0.140. The van der Waals surface area contributed by atoms with Crippen LogP contribution in [0.2, 0.25) is 0 Å². The van der Waals surface area contributed by atoms with Gasteiger partial charge in [0.1, 0.15) is 0 Å². The fraction of sp³-hybridized carbons (Fsp3) is 0.812. The molecule has 0 bridgehead atoms. The molecular weight excluding hydrogens is 298 g/mol. The maximum Gasteiger partial charge on any atom is 0.0900 e. The molecule has 7 nitrogen and oxygen atoms in total. The highest BCUT2D eigenvalue weighted by atomic mass is 16.5. The van der Waals surface area contributed by atoms with Crippen molar-refractivity contribution in [1.29, 1.82) is 0 Å². The lowest BCUT2D eigenvalue weighted by Gasteiger charge is -2.34. The van der Waals surface area contributed by atoms with Crippen molar-refractivity contribution >= 4 is 0 Å². The number of aliphatic hydroxyl groups is 1. The number of morpholine rings is 1. The van der Waals surface area contributed by atoms with Gasteiger partial charge in [0.2, 0.25) is 0 Å². The van der Waals surface area contributed by atoms with Crippen LogP contribution in [0.3, 0.4) is 0 Å². The van der Waals surface area contributed by atoms with E-state index in [1.54, 1.807) is 6.20 Å². The van der Waals surface area contributed by atoms with E-state index < -0.39 is 6.10 Å². The van der Waals surface area contributed by atoms with E-state index in [2.05, 4.69) is 10.00 Å². The van der Waals surface area contributed by atoms with Crippen LogP contribution in [0.15, 0.2) is 18.5 Å². The van der Waals surface area contributed by atoms with E-state index in [0.717, 1.165) is 39.1 Å². The molecule has 0 unspecified atom stereocenters. The zero-order valence-electron chi connectivity index (χ0n) is 13.5. The summed E-state index contributed by atoms with van der Waals surface area (Å²) >= 11 is 0. The van der Waals surface area contributed by atoms with Crippen molar-refractivity contribution in [1.82, 2.24) is 14.7 Å². The van der Waals surface area contributed by atoms with Gasteiger partial charge in [-0.05, 0) is 18.9 Å². The van der Waals surface area contributed by atoms with E-state index in [9.17, 15) is 5.11 Å². The highest BCUT2D eigenvalue weighted by Crippen LogP contribution is 2.12. The fourth-order valence-corrected chi connectivity index (χ4v) is 3.14. The second-order valence-electron chi connectivity index (χ2n) is 6.31. The molecule has 0 aromatic carbocycles. The van der Waals surface area contributed by atoms with Gasteiger partial charge in [0.15, 0.2) is 0 Å². The highest BCUT2D eigenvalue weighted by Gasteiger charge is 2.23. The largest absolute Gasteiger partial charge is 0.389 e. The van der Waals surface area contributed by atoms with Crippen LogP contribution in [0.25, 0.3) is 0 Å². The van der Waals surface area contributed by atoms with Gasteiger partial charge in [0.05, 0.1) is 44.7 Å². The third-order valence-electron chi connectivity index (χ3n) is 4.28. The lowest BCUT2D eigenvalue weighted by atomic mass is 10.2. The van der Waals surface area contributed by atoms with E-state index >= 15 is 0 Å². The molecular formula is C16H27N3O4. The molecule has 2 fully saturated rings. The number of nitrogens with zero attached hydrogens (tertiary/aromatic N) is 3. The molecule has 2 aliphatic heterocycles. The van der Waals surface area contributed by atoms with Gasteiger partial charge in [-0.15, -0.1) is 0 Å². The Bertz CT molecular complexity index is 437. The minimum absolute atomic E-state index is 0.114. The number of β-amino-alcohol motifs (C(OH)–C–C–N with tert-alkyl or cyclic N) is 1. The topological polar surface area (TPSA) is 69.0 Å². The van der Waals surface area contributed by atoms with Crippen molar-refractivity contribution in [2.75, 3.05) is 46.1 Å². The van der Waals surface area contributed by atoms with Gasteiger partial charge in [-0.1, -0.05) is 0 Å². The van der Waals surface area contributed by atoms with Gasteiger partial charge in [0.25, 0.3) is 0 Å². The Hall–Kier alpha value is -0.990. The van der Waals surface area contributed by atoms with E-state index in [0.29, 0.717) is 26.4 Å². The van der Waals surface area contributed by atoms with Crippen LogP contribution in [0.5, 0.6) is 0 Å². The van der Waals surface area contributed by atoms with Gasteiger partial charge >= 0.3 is 0 Å². The Morgan fingerprint density at radius 1 is 1.30 bits per heavy atom. The molecule has 7 heteroatoms. The van der Waals surface area contributed by atoms with Gasteiger partial charge in [-0.3, -0.25) is 9.58 Å². The summed E-state index contributed by atoms with van der Waals surface area (Å²) in [6.45, 7) is 5.49. The first-order valence-corrected chi connectivity index (χ1v) is 8.48. The summed E-state index contributed by atoms with van der Waals surface area (Å²) in [4.78, 5) is 2.23. The van der Waals surface area contributed by atoms with Crippen molar-refractivity contribution in [2.24, 2.45) is 0 Å². The van der Waals surface area contributed by atoms with Crippen LogP contribution >= 0.6 is 0 Å². The molecule has 2 aliphatic rings. The lowest BCUT2D eigenvalue weighted by Crippen LogP contribution is -2.47. The molecule has 0 spiro atoms. The van der Waals surface area contributed by atoms with Crippen molar-refractivity contribution in [3.63, 3.8) is 0 Å². The summed E-state index contributed by atoms with van der Waals surface area (Å²) < 4.78 is 18.8. The molecule has 0 aliphatic carbocycles. The first-order valence-electron chi connectivity index (χ1n) is 8.48. The lowest BCUT2D eigenvalue weighted by molar-refractivity contribution is -0.0630. The molecule has 0 amide bonds. The summed E-state index contributed by atoms with van der Waals surface area (Å²) in [6.07, 6.45) is 5.75. The summed E-state index contributed by atoms with van der Waals surface area (Å²) in [7, 11) is 0. The second-order valence-corrected chi connectivity index (χ2v) is 6.31. The molecule has 130 valence electrons. The molecule has 3 heterocycles. The maximum absolute atomic E-state index is 10.2. The number of hydrogen-bond donors (Lipinski definition) is 1. The normalized spacial score (nSPS) is 27.3. The van der Waals surface area contributed by atoms with Gasteiger partial charge in [-0.25, -0.2) is 0 Å². The van der Waals surface area contributed by atoms with E-state index in [1.807, 2.05) is 16.9 Å². The van der Waals surface area contributed by atoms with Gasteiger partial charge in [0, 0.05) is 38.6 Å². The number of rotatable bonds is 8. The molecule has 23 heavy (non-hydrogen) atoms. The SMILES string of the molecule is O[C@H](COC[C@@H]1CCCO1)CN1CCO[C@H](Cn2cccn2)C1. The highest BCUT2D eigenvalue weighted by molar-refractivity contribution is 4.81. The van der Waals surface area contributed by atoms with E-state index in [4.69, 9.17) is 14.2 Å². The third kappa shape index (κ3) is 5.54. The van der Waals surface area contributed by atoms with Crippen molar-refractivity contribution in [3.05, 3.63) is 18.5 Å². The Morgan fingerprint density at radius 3 is 3.00 bits per heavy atom. The number of aliphatic hydroxyl groups excluding tert-OH is 1. The number of aromatic nitrogens is 2. The maximum atomic E-state index is 10.2. The quantitative estimate of drug-likeness (QED) is 0.733. The average molecular weight is 325 g/mol. The van der Waals surface area contributed by atoms with Crippen LogP contribution in [0.4, 0.5) is 0 Å².